The lowest BCUT2D eigenvalue weighted by Crippen LogP contribution is -2.33. The average molecular weight is 245 g/mol. The number of ether oxygens (including phenoxy) is 1. The number of fused-ring (bicyclic) bond motifs is 1. The van der Waals surface area contributed by atoms with Crippen LogP contribution in [0.1, 0.15) is 18.9 Å². The number of anilines is 2. The molecule has 0 aromatic heterocycles. The minimum Gasteiger partial charge on any atom is -0.398 e. The Hall–Kier alpha value is -1.73. The molecule has 1 atom stereocenters. The van der Waals surface area contributed by atoms with E-state index in [1.165, 1.54) is 11.3 Å². The molecule has 4 nitrogen and oxygen atoms in total. The highest BCUT2D eigenvalue weighted by Crippen LogP contribution is 2.30. The van der Waals surface area contributed by atoms with E-state index >= 15 is 0 Å². The van der Waals surface area contributed by atoms with Gasteiger partial charge in [-0.2, -0.15) is 5.26 Å². The largest absolute Gasteiger partial charge is 0.398 e. The molecule has 2 rings (SSSR count). The van der Waals surface area contributed by atoms with Gasteiger partial charge < -0.3 is 15.4 Å². The predicted octanol–water partition coefficient (Wildman–Crippen LogP) is 1.95. The number of hydrogen-bond donors (Lipinski definition) is 1. The topological polar surface area (TPSA) is 62.3 Å². The summed E-state index contributed by atoms with van der Waals surface area (Å²) in [7, 11) is 0. The van der Waals surface area contributed by atoms with Crippen LogP contribution in [0.15, 0.2) is 18.2 Å². The van der Waals surface area contributed by atoms with Crippen LogP contribution in [0.4, 0.5) is 11.4 Å². The van der Waals surface area contributed by atoms with Crippen molar-refractivity contribution in [2.45, 2.75) is 25.9 Å². The summed E-state index contributed by atoms with van der Waals surface area (Å²) < 4.78 is 5.41. The SMILES string of the molecule is CC(C#N)OCCN1CCCc2c(N)cccc21. The van der Waals surface area contributed by atoms with Crippen LogP contribution in [-0.4, -0.2) is 25.8 Å². The zero-order valence-corrected chi connectivity index (χ0v) is 10.7. The highest BCUT2D eigenvalue weighted by Gasteiger charge is 2.18. The summed E-state index contributed by atoms with van der Waals surface area (Å²) in [6.07, 6.45) is 1.83. The van der Waals surface area contributed by atoms with Crippen molar-refractivity contribution in [3.63, 3.8) is 0 Å². The molecule has 1 unspecified atom stereocenters. The van der Waals surface area contributed by atoms with E-state index in [1.807, 2.05) is 12.1 Å². The van der Waals surface area contributed by atoms with E-state index in [-0.39, 0.29) is 6.10 Å². The van der Waals surface area contributed by atoms with E-state index < -0.39 is 0 Å². The molecule has 1 aliphatic heterocycles. The first-order valence-corrected chi connectivity index (χ1v) is 6.36. The lowest BCUT2D eigenvalue weighted by Gasteiger charge is -2.32. The first-order chi connectivity index (χ1) is 8.72. The Labute approximate surface area is 108 Å². The van der Waals surface area contributed by atoms with Crippen LogP contribution in [0.25, 0.3) is 0 Å². The van der Waals surface area contributed by atoms with Crippen LogP contribution in [0.3, 0.4) is 0 Å². The van der Waals surface area contributed by atoms with E-state index in [4.69, 9.17) is 15.7 Å². The second-order valence-corrected chi connectivity index (χ2v) is 4.58. The minimum absolute atomic E-state index is 0.338. The lowest BCUT2D eigenvalue weighted by molar-refractivity contribution is 0.108. The third-order valence-electron chi connectivity index (χ3n) is 3.29. The zero-order valence-electron chi connectivity index (χ0n) is 10.7. The summed E-state index contributed by atoms with van der Waals surface area (Å²) in [6.45, 7) is 4.17. The van der Waals surface area contributed by atoms with Crippen molar-refractivity contribution in [1.29, 1.82) is 5.26 Å². The van der Waals surface area contributed by atoms with Crippen LogP contribution in [0.2, 0.25) is 0 Å². The first kappa shape index (κ1) is 12.7. The second kappa shape index (κ2) is 5.74. The predicted molar refractivity (Wildman–Crippen MR) is 72.4 cm³/mol. The maximum Gasteiger partial charge on any atom is 0.141 e. The fourth-order valence-corrected chi connectivity index (χ4v) is 2.34. The van der Waals surface area contributed by atoms with Crippen molar-refractivity contribution >= 4 is 11.4 Å². The third-order valence-corrected chi connectivity index (χ3v) is 3.29. The average Bonchev–Trinajstić information content (AvgIpc) is 2.39. The number of rotatable bonds is 4. The van der Waals surface area contributed by atoms with Crippen molar-refractivity contribution in [3.8, 4) is 6.07 Å². The number of nitrogens with two attached hydrogens (primary N) is 1. The van der Waals surface area contributed by atoms with Crippen molar-refractivity contribution < 1.29 is 4.74 Å². The summed E-state index contributed by atoms with van der Waals surface area (Å²) in [5.41, 5.74) is 9.34. The van der Waals surface area contributed by atoms with Gasteiger partial charge >= 0.3 is 0 Å². The van der Waals surface area contributed by atoms with Crippen LogP contribution in [0, 0.1) is 11.3 Å². The van der Waals surface area contributed by atoms with Crippen molar-refractivity contribution in [2.24, 2.45) is 0 Å². The molecule has 0 aliphatic carbocycles. The van der Waals surface area contributed by atoms with Crippen LogP contribution < -0.4 is 10.6 Å². The summed E-state index contributed by atoms with van der Waals surface area (Å²) >= 11 is 0. The van der Waals surface area contributed by atoms with Gasteiger partial charge in [0.05, 0.1) is 12.7 Å². The molecule has 0 spiro atoms. The minimum atomic E-state index is -0.338. The molecule has 2 N–H and O–H groups in total. The molecule has 1 aromatic rings. The van der Waals surface area contributed by atoms with E-state index in [9.17, 15) is 0 Å². The number of benzene rings is 1. The van der Waals surface area contributed by atoms with E-state index in [1.54, 1.807) is 6.92 Å². The molecule has 0 bridgehead atoms. The Balaban J connectivity index is 2.00. The Kier molecular flexibility index (Phi) is 4.06. The monoisotopic (exact) mass is 245 g/mol. The van der Waals surface area contributed by atoms with Crippen LogP contribution in [0.5, 0.6) is 0 Å². The summed E-state index contributed by atoms with van der Waals surface area (Å²) in [4.78, 5) is 2.29. The normalized spacial score (nSPS) is 15.9. The fraction of sp³-hybridized carbons (Fsp3) is 0.500. The quantitative estimate of drug-likeness (QED) is 0.824. The van der Waals surface area contributed by atoms with Crippen molar-refractivity contribution in [3.05, 3.63) is 23.8 Å². The van der Waals surface area contributed by atoms with Gasteiger partial charge in [-0.15, -0.1) is 0 Å². The van der Waals surface area contributed by atoms with Crippen molar-refractivity contribution in [1.82, 2.24) is 0 Å². The molecule has 0 saturated carbocycles. The molecular weight excluding hydrogens is 226 g/mol. The van der Waals surface area contributed by atoms with Crippen LogP contribution in [-0.2, 0) is 11.2 Å². The summed E-state index contributed by atoms with van der Waals surface area (Å²) in [6, 6.07) is 8.13. The molecular formula is C14H19N3O. The molecule has 0 saturated heterocycles. The second-order valence-electron chi connectivity index (χ2n) is 4.58. The highest BCUT2D eigenvalue weighted by molar-refractivity contribution is 5.66. The lowest BCUT2D eigenvalue weighted by atomic mass is 10.00. The number of nitriles is 1. The maximum atomic E-state index is 8.66. The van der Waals surface area contributed by atoms with Crippen LogP contribution >= 0.6 is 0 Å². The van der Waals surface area contributed by atoms with Gasteiger partial charge in [0, 0.05) is 24.5 Å². The molecule has 96 valence electrons. The van der Waals surface area contributed by atoms with E-state index in [0.717, 1.165) is 31.6 Å². The number of nitrogens with zero attached hydrogens (tertiary/aromatic N) is 2. The van der Waals surface area contributed by atoms with Gasteiger partial charge in [0.15, 0.2) is 0 Å². The van der Waals surface area contributed by atoms with Gasteiger partial charge in [-0.05, 0) is 37.5 Å². The summed E-state index contributed by atoms with van der Waals surface area (Å²) in [5, 5.41) is 8.66. The molecule has 1 aliphatic rings. The maximum absolute atomic E-state index is 8.66. The Morgan fingerprint density at radius 3 is 3.17 bits per heavy atom. The summed E-state index contributed by atoms with van der Waals surface area (Å²) in [5.74, 6) is 0. The van der Waals surface area contributed by atoms with Crippen molar-refractivity contribution in [2.75, 3.05) is 30.3 Å². The number of hydrogen-bond acceptors (Lipinski definition) is 4. The van der Waals surface area contributed by atoms with Gasteiger partial charge in [-0.3, -0.25) is 0 Å². The Bertz CT molecular complexity index is 453. The Morgan fingerprint density at radius 1 is 1.56 bits per heavy atom. The van der Waals surface area contributed by atoms with E-state index in [0.29, 0.717) is 6.61 Å². The standard InChI is InChI=1S/C14H19N3O/c1-11(10-15)18-9-8-17-7-3-4-12-13(16)5-2-6-14(12)17/h2,5-6,11H,3-4,7-9,16H2,1H3. The van der Waals surface area contributed by atoms with Gasteiger partial charge in [0.1, 0.15) is 6.10 Å². The molecule has 0 fully saturated rings. The van der Waals surface area contributed by atoms with E-state index in [2.05, 4.69) is 17.0 Å². The highest BCUT2D eigenvalue weighted by atomic mass is 16.5. The Morgan fingerprint density at radius 2 is 2.39 bits per heavy atom. The van der Waals surface area contributed by atoms with Gasteiger partial charge in [0.25, 0.3) is 0 Å². The molecule has 0 radical (unpaired) electrons. The van der Waals surface area contributed by atoms with Gasteiger partial charge in [-0.1, -0.05) is 6.07 Å². The third kappa shape index (κ3) is 2.74. The molecule has 18 heavy (non-hydrogen) atoms. The first-order valence-electron chi connectivity index (χ1n) is 6.36. The fourth-order valence-electron chi connectivity index (χ4n) is 2.34. The molecule has 4 heteroatoms. The number of nitrogen functional groups attached to an aromatic ring is 1. The van der Waals surface area contributed by atoms with Gasteiger partial charge in [0.2, 0.25) is 0 Å². The molecule has 0 amide bonds. The zero-order chi connectivity index (χ0) is 13.0. The molecule has 1 heterocycles. The smallest absolute Gasteiger partial charge is 0.141 e. The van der Waals surface area contributed by atoms with Gasteiger partial charge in [-0.25, -0.2) is 0 Å². The molecule has 1 aromatic carbocycles.